The minimum absolute atomic E-state index is 0.0162. The van der Waals surface area contributed by atoms with Gasteiger partial charge in [0.1, 0.15) is 5.82 Å². The minimum atomic E-state index is -4.47. The number of nitrogens with zero attached hydrogens (tertiary/aromatic N) is 1. The summed E-state index contributed by atoms with van der Waals surface area (Å²) in [6, 6.07) is 7.35. The van der Waals surface area contributed by atoms with Gasteiger partial charge in [-0.25, -0.2) is 10.5 Å². The summed E-state index contributed by atoms with van der Waals surface area (Å²) >= 11 is 0. The van der Waals surface area contributed by atoms with Crippen LogP contribution < -0.4 is 5.48 Å². The lowest BCUT2D eigenvalue weighted by molar-refractivity contribution is -0.191. The molecule has 0 aliphatic heterocycles. The van der Waals surface area contributed by atoms with Gasteiger partial charge in [-0.3, -0.25) is 9.63 Å². The van der Waals surface area contributed by atoms with E-state index in [1.54, 1.807) is 5.48 Å². The number of nitrogens with one attached hydrogen (secondary N) is 2. The first-order valence-corrected chi connectivity index (χ1v) is 5.85. The van der Waals surface area contributed by atoms with Crippen LogP contribution in [0.15, 0.2) is 24.3 Å². The average molecular weight is 287 g/mol. The van der Waals surface area contributed by atoms with Crippen molar-refractivity contribution in [2.75, 3.05) is 6.61 Å². The van der Waals surface area contributed by atoms with Gasteiger partial charge in [0.2, 0.25) is 5.91 Å². The number of hydrogen-bond acceptors (Lipinski definition) is 3. The summed E-state index contributed by atoms with van der Waals surface area (Å²) in [5.74, 6) is -0.0353. The second kappa shape index (κ2) is 5.91. The molecule has 1 amide bonds. The second-order valence-corrected chi connectivity index (χ2v) is 4.13. The second-order valence-electron chi connectivity index (χ2n) is 4.13. The molecule has 0 fully saturated rings. The van der Waals surface area contributed by atoms with E-state index in [9.17, 15) is 18.0 Å². The Labute approximate surface area is 112 Å². The van der Waals surface area contributed by atoms with Gasteiger partial charge in [0.05, 0.1) is 11.0 Å². The van der Waals surface area contributed by atoms with E-state index in [0.717, 1.165) is 11.0 Å². The van der Waals surface area contributed by atoms with Crippen LogP contribution in [-0.2, 0) is 16.1 Å². The summed E-state index contributed by atoms with van der Waals surface area (Å²) in [5.41, 5.74) is 3.36. The molecule has 0 saturated heterocycles. The van der Waals surface area contributed by atoms with Crippen LogP contribution in [-0.4, -0.2) is 28.7 Å². The van der Waals surface area contributed by atoms with Crippen molar-refractivity contribution in [3.05, 3.63) is 30.1 Å². The highest BCUT2D eigenvalue weighted by Gasteiger charge is 2.28. The summed E-state index contributed by atoms with van der Waals surface area (Å²) < 4.78 is 35.4. The monoisotopic (exact) mass is 287 g/mol. The third-order valence-corrected chi connectivity index (χ3v) is 2.45. The maximum Gasteiger partial charge on any atom is 0.414 e. The molecule has 0 bridgehead atoms. The van der Waals surface area contributed by atoms with Gasteiger partial charge in [0.25, 0.3) is 0 Å². The maximum atomic E-state index is 11.8. The van der Waals surface area contributed by atoms with Gasteiger partial charge in [0, 0.05) is 12.8 Å². The van der Waals surface area contributed by atoms with Crippen molar-refractivity contribution >= 4 is 16.9 Å². The van der Waals surface area contributed by atoms with Gasteiger partial charge in [-0.2, -0.15) is 13.2 Å². The first-order chi connectivity index (χ1) is 9.44. The lowest BCUT2D eigenvalue weighted by Gasteiger charge is -2.07. The molecular weight excluding hydrogens is 275 g/mol. The summed E-state index contributed by atoms with van der Waals surface area (Å²) in [6.45, 7) is -1.51. The largest absolute Gasteiger partial charge is 0.414 e. The summed E-state index contributed by atoms with van der Waals surface area (Å²) in [4.78, 5) is 22.6. The van der Waals surface area contributed by atoms with Crippen molar-refractivity contribution in [2.45, 2.75) is 19.0 Å². The highest BCUT2D eigenvalue weighted by molar-refractivity contribution is 5.76. The fraction of sp³-hybridized carbons (Fsp3) is 0.333. The Hall–Kier alpha value is -2.09. The van der Waals surface area contributed by atoms with Crippen molar-refractivity contribution in [3.8, 4) is 0 Å². The number of amides is 1. The first-order valence-electron chi connectivity index (χ1n) is 5.85. The average Bonchev–Trinajstić information content (AvgIpc) is 2.77. The van der Waals surface area contributed by atoms with Gasteiger partial charge in [0.15, 0.2) is 6.61 Å². The molecule has 0 aliphatic rings. The topological polar surface area (TPSA) is 67.0 Å². The zero-order chi connectivity index (χ0) is 14.6. The lowest BCUT2D eigenvalue weighted by atomic mass is 10.3. The Kier molecular flexibility index (Phi) is 4.23. The van der Waals surface area contributed by atoms with Crippen LogP contribution in [0.4, 0.5) is 13.2 Å². The van der Waals surface area contributed by atoms with E-state index in [0.29, 0.717) is 5.82 Å². The Morgan fingerprint density at radius 2 is 2.10 bits per heavy atom. The molecule has 1 aromatic heterocycles. The predicted octanol–water partition coefficient (Wildman–Crippen LogP) is 2.11. The smallest absolute Gasteiger partial charge is 0.342 e. The van der Waals surface area contributed by atoms with Crippen LogP contribution in [0.5, 0.6) is 0 Å². The van der Waals surface area contributed by atoms with Gasteiger partial charge in [-0.1, -0.05) is 12.1 Å². The number of alkyl halides is 3. The van der Waals surface area contributed by atoms with E-state index >= 15 is 0 Å². The third kappa shape index (κ3) is 4.23. The van der Waals surface area contributed by atoms with Crippen LogP contribution >= 0.6 is 0 Å². The zero-order valence-electron chi connectivity index (χ0n) is 10.3. The molecule has 2 rings (SSSR count). The van der Waals surface area contributed by atoms with Crippen molar-refractivity contribution in [3.63, 3.8) is 0 Å². The fourth-order valence-corrected chi connectivity index (χ4v) is 1.61. The molecule has 8 heteroatoms. The number of aromatic amines is 1. The number of hydrogen-bond donors (Lipinski definition) is 2. The van der Waals surface area contributed by atoms with Crippen LogP contribution in [0, 0.1) is 0 Å². The van der Waals surface area contributed by atoms with Crippen molar-refractivity contribution in [1.29, 1.82) is 0 Å². The zero-order valence-corrected chi connectivity index (χ0v) is 10.3. The highest BCUT2D eigenvalue weighted by atomic mass is 19.4. The van der Waals surface area contributed by atoms with Gasteiger partial charge >= 0.3 is 6.18 Å². The molecule has 0 radical (unpaired) electrons. The molecule has 0 spiro atoms. The van der Waals surface area contributed by atoms with Gasteiger partial charge < -0.3 is 4.98 Å². The fourth-order valence-electron chi connectivity index (χ4n) is 1.61. The number of H-pyrrole nitrogens is 1. The standard InChI is InChI=1S/C12H12F3N3O2/c13-12(14,15)7-20-18-11(19)6-5-10-16-8-3-1-2-4-9(8)17-10/h1-4H,5-7H2,(H,16,17)(H,18,19). The predicted molar refractivity (Wildman–Crippen MR) is 64.6 cm³/mol. The molecule has 20 heavy (non-hydrogen) atoms. The van der Waals surface area contributed by atoms with E-state index in [4.69, 9.17) is 0 Å². The Morgan fingerprint density at radius 1 is 1.35 bits per heavy atom. The summed E-state index contributed by atoms with van der Waals surface area (Å²) in [6.07, 6.45) is -4.19. The number of carbonyl (C=O) groups excluding carboxylic acids is 1. The number of para-hydroxylation sites is 2. The van der Waals surface area contributed by atoms with Gasteiger partial charge in [-0.15, -0.1) is 0 Å². The third-order valence-electron chi connectivity index (χ3n) is 2.45. The molecule has 1 heterocycles. The number of hydroxylamine groups is 1. The molecule has 2 N–H and O–H groups in total. The SMILES string of the molecule is O=C(CCc1nc2ccccc2[nH]1)NOCC(F)(F)F. The molecule has 0 aliphatic carbocycles. The number of rotatable bonds is 5. The molecule has 0 saturated carbocycles. The van der Waals surface area contributed by atoms with Crippen LogP contribution in [0.2, 0.25) is 0 Å². The van der Waals surface area contributed by atoms with E-state index < -0.39 is 18.7 Å². The molecule has 2 aromatic rings. The number of aromatic nitrogens is 2. The maximum absolute atomic E-state index is 11.8. The number of fused-ring (bicyclic) bond motifs is 1. The molecule has 0 unspecified atom stereocenters. The number of imidazole rings is 1. The quantitative estimate of drug-likeness (QED) is 0.828. The Bertz CT molecular complexity index is 562. The molecule has 108 valence electrons. The normalized spacial score (nSPS) is 11.8. The van der Waals surface area contributed by atoms with Crippen LogP contribution in [0.1, 0.15) is 12.2 Å². The van der Waals surface area contributed by atoms with Crippen molar-refractivity contribution < 1.29 is 22.8 Å². The number of benzene rings is 1. The number of aryl methyl sites for hydroxylation is 1. The summed E-state index contributed by atoms with van der Waals surface area (Å²) in [5, 5.41) is 0. The first kappa shape index (κ1) is 14.3. The van der Waals surface area contributed by atoms with E-state index in [1.807, 2.05) is 24.3 Å². The molecular formula is C12H12F3N3O2. The van der Waals surface area contributed by atoms with E-state index in [2.05, 4.69) is 14.8 Å². The van der Waals surface area contributed by atoms with Crippen molar-refractivity contribution in [2.24, 2.45) is 0 Å². The summed E-state index contributed by atoms with van der Waals surface area (Å²) in [7, 11) is 0. The number of halogens is 3. The van der Waals surface area contributed by atoms with E-state index in [1.165, 1.54) is 0 Å². The highest BCUT2D eigenvalue weighted by Crippen LogP contribution is 2.14. The van der Waals surface area contributed by atoms with Crippen LogP contribution in [0.3, 0.4) is 0 Å². The lowest BCUT2D eigenvalue weighted by Crippen LogP contribution is -2.29. The van der Waals surface area contributed by atoms with Gasteiger partial charge in [-0.05, 0) is 12.1 Å². The molecule has 5 nitrogen and oxygen atoms in total. The Morgan fingerprint density at radius 3 is 2.80 bits per heavy atom. The number of carbonyl (C=O) groups is 1. The Balaban J connectivity index is 1.78. The molecule has 0 atom stereocenters. The van der Waals surface area contributed by atoms with Crippen molar-refractivity contribution in [1.82, 2.24) is 15.4 Å². The molecule has 1 aromatic carbocycles. The minimum Gasteiger partial charge on any atom is -0.342 e. The van der Waals surface area contributed by atoms with E-state index in [-0.39, 0.29) is 12.8 Å². The van der Waals surface area contributed by atoms with Crippen LogP contribution in [0.25, 0.3) is 11.0 Å².